The first kappa shape index (κ1) is 11.8. The fraction of sp³-hybridized carbons (Fsp3) is 0.125. The Kier molecular flexibility index (Phi) is 2.95. The van der Waals surface area contributed by atoms with Crippen LogP contribution in [0.2, 0.25) is 0 Å². The van der Waals surface area contributed by atoms with Gasteiger partial charge in [0.25, 0.3) is 0 Å². The van der Waals surface area contributed by atoms with E-state index in [1.54, 1.807) is 13.0 Å². The number of aromatic nitrogens is 2. The van der Waals surface area contributed by atoms with E-state index in [1.807, 2.05) is 48.8 Å². The first-order valence-electron chi connectivity index (χ1n) is 6.29. The number of benzene rings is 1. The monoisotopic (exact) mass is 254 g/mol. The lowest BCUT2D eigenvalue weighted by Crippen LogP contribution is -2.07. The molecule has 0 radical (unpaired) electrons. The summed E-state index contributed by atoms with van der Waals surface area (Å²) in [6.07, 6.45) is 3.72. The lowest BCUT2D eigenvalue weighted by molar-refractivity contribution is 0.595. The molecule has 0 saturated carbocycles. The molecule has 0 atom stereocenters. The first-order valence-corrected chi connectivity index (χ1v) is 6.29. The normalized spacial score (nSPS) is 11.1. The van der Waals surface area contributed by atoms with Crippen molar-refractivity contribution in [3.8, 4) is 0 Å². The maximum absolute atomic E-state index is 14.4. The molecule has 0 saturated heterocycles. The lowest BCUT2D eigenvalue weighted by Gasteiger charge is -2.17. The highest BCUT2D eigenvalue weighted by molar-refractivity contribution is 5.40. The van der Waals surface area contributed by atoms with Crippen molar-refractivity contribution in [3.63, 3.8) is 0 Å². The fourth-order valence-corrected chi connectivity index (χ4v) is 2.44. The minimum atomic E-state index is -0.142. The molecule has 0 unspecified atom stereocenters. The fourth-order valence-electron chi connectivity index (χ4n) is 2.44. The molecule has 2 heterocycles. The van der Waals surface area contributed by atoms with Gasteiger partial charge in [0.1, 0.15) is 5.82 Å². The summed E-state index contributed by atoms with van der Waals surface area (Å²) < 4.78 is 14.4. The van der Waals surface area contributed by atoms with Gasteiger partial charge in [0.15, 0.2) is 0 Å². The third kappa shape index (κ3) is 2.08. The van der Waals surface area contributed by atoms with E-state index >= 15 is 0 Å². The first-order chi connectivity index (χ1) is 9.27. The van der Waals surface area contributed by atoms with Crippen molar-refractivity contribution in [2.75, 3.05) is 0 Å². The summed E-state index contributed by atoms with van der Waals surface area (Å²) in [6.45, 7) is 1.79. The molecule has 2 N–H and O–H groups in total. The van der Waals surface area contributed by atoms with Gasteiger partial charge in [-0.3, -0.25) is 0 Å². The van der Waals surface area contributed by atoms with Gasteiger partial charge in [-0.1, -0.05) is 18.2 Å². The highest BCUT2D eigenvalue weighted by Crippen LogP contribution is 2.32. The molecule has 0 amide bonds. The Balaban J connectivity index is 2.18. The van der Waals surface area contributed by atoms with Gasteiger partial charge in [-0.15, -0.1) is 0 Å². The van der Waals surface area contributed by atoms with Crippen LogP contribution in [0.1, 0.15) is 28.4 Å². The average Bonchev–Trinajstić information content (AvgIpc) is 3.08. The smallest absolute Gasteiger partial charge is 0.130 e. The van der Waals surface area contributed by atoms with Crippen LogP contribution in [0.5, 0.6) is 0 Å². The van der Waals surface area contributed by atoms with Gasteiger partial charge in [0.2, 0.25) is 0 Å². The number of halogens is 1. The maximum Gasteiger partial charge on any atom is 0.130 e. The molecule has 3 aromatic rings. The number of H-pyrrole nitrogens is 2. The van der Waals surface area contributed by atoms with Gasteiger partial charge in [-0.2, -0.15) is 0 Å². The van der Waals surface area contributed by atoms with E-state index in [4.69, 9.17) is 0 Å². The van der Waals surface area contributed by atoms with E-state index in [9.17, 15) is 4.39 Å². The predicted octanol–water partition coefficient (Wildman–Crippen LogP) is 3.97. The van der Waals surface area contributed by atoms with E-state index in [0.29, 0.717) is 11.1 Å². The van der Waals surface area contributed by atoms with E-state index in [2.05, 4.69) is 9.97 Å². The Labute approximate surface area is 111 Å². The number of hydrogen-bond donors (Lipinski definition) is 2. The summed E-state index contributed by atoms with van der Waals surface area (Å²) >= 11 is 0. The summed E-state index contributed by atoms with van der Waals surface area (Å²) in [6, 6.07) is 13.3. The summed E-state index contributed by atoms with van der Waals surface area (Å²) in [5.74, 6) is -0.276. The SMILES string of the molecule is Cc1cccc(C(c2ccc[nH]2)c2ccc[nH]2)c1F. The van der Waals surface area contributed by atoms with E-state index in [1.165, 1.54) is 0 Å². The third-order valence-electron chi connectivity index (χ3n) is 3.40. The van der Waals surface area contributed by atoms with Crippen LogP contribution in [0.15, 0.2) is 54.9 Å². The Morgan fingerprint density at radius 2 is 1.53 bits per heavy atom. The van der Waals surface area contributed by atoms with E-state index < -0.39 is 0 Å². The average molecular weight is 254 g/mol. The highest BCUT2D eigenvalue weighted by Gasteiger charge is 2.22. The second-order valence-electron chi connectivity index (χ2n) is 4.66. The van der Waals surface area contributed by atoms with Crippen LogP contribution in [0.4, 0.5) is 4.39 Å². The van der Waals surface area contributed by atoms with Gasteiger partial charge in [0.05, 0.1) is 5.92 Å². The molecule has 19 heavy (non-hydrogen) atoms. The van der Waals surface area contributed by atoms with Crippen LogP contribution >= 0.6 is 0 Å². The zero-order valence-electron chi connectivity index (χ0n) is 10.7. The molecule has 0 aliphatic heterocycles. The van der Waals surface area contributed by atoms with Crippen LogP contribution < -0.4 is 0 Å². The van der Waals surface area contributed by atoms with Crippen molar-refractivity contribution >= 4 is 0 Å². The van der Waals surface area contributed by atoms with Crippen LogP contribution in [0.25, 0.3) is 0 Å². The van der Waals surface area contributed by atoms with Crippen LogP contribution in [-0.2, 0) is 0 Å². The molecule has 0 aliphatic carbocycles. The maximum atomic E-state index is 14.4. The molecule has 3 heteroatoms. The molecule has 2 nitrogen and oxygen atoms in total. The highest BCUT2D eigenvalue weighted by atomic mass is 19.1. The molecule has 0 aliphatic rings. The zero-order chi connectivity index (χ0) is 13.2. The van der Waals surface area contributed by atoms with Gasteiger partial charge < -0.3 is 9.97 Å². The van der Waals surface area contributed by atoms with Crippen molar-refractivity contribution in [1.82, 2.24) is 9.97 Å². The minimum absolute atomic E-state index is 0.134. The molecular weight excluding hydrogens is 239 g/mol. The molecule has 0 bridgehead atoms. The van der Waals surface area contributed by atoms with Crippen molar-refractivity contribution in [2.24, 2.45) is 0 Å². The molecular formula is C16H15FN2. The van der Waals surface area contributed by atoms with E-state index in [0.717, 1.165) is 11.4 Å². The number of rotatable bonds is 3. The van der Waals surface area contributed by atoms with Gasteiger partial charge in [-0.25, -0.2) is 4.39 Å². The molecule has 1 aromatic carbocycles. The third-order valence-corrected chi connectivity index (χ3v) is 3.40. The second kappa shape index (κ2) is 4.76. The Morgan fingerprint density at radius 1 is 0.895 bits per heavy atom. The number of nitrogens with one attached hydrogen (secondary N) is 2. The second-order valence-corrected chi connectivity index (χ2v) is 4.66. The molecule has 3 rings (SSSR count). The lowest BCUT2D eigenvalue weighted by atomic mass is 9.91. The summed E-state index contributed by atoms with van der Waals surface area (Å²) in [4.78, 5) is 6.37. The number of aryl methyl sites for hydroxylation is 1. The largest absolute Gasteiger partial charge is 0.364 e. The molecule has 96 valence electrons. The number of hydrogen-bond acceptors (Lipinski definition) is 0. The van der Waals surface area contributed by atoms with Gasteiger partial charge in [0, 0.05) is 29.3 Å². The Morgan fingerprint density at radius 3 is 2.05 bits per heavy atom. The minimum Gasteiger partial charge on any atom is -0.364 e. The Hall–Kier alpha value is -2.29. The van der Waals surface area contributed by atoms with E-state index in [-0.39, 0.29) is 11.7 Å². The summed E-state index contributed by atoms with van der Waals surface area (Å²) in [5.41, 5.74) is 3.31. The summed E-state index contributed by atoms with van der Waals surface area (Å²) in [5, 5.41) is 0. The zero-order valence-corrected chi connectivity index (χ0v) is 10.7. The molecule has 0 spiro atoms. The topological polar surface area (TPSA) is 31.6 Å². The van der Waals surface area contributed by atoms with Gasteiger partial charge >= 0.3 is 0 Å². The van der Waals surface area contributed by atoms with Crippen molar-refractivity contribution < 1.29 is 4.39 Å². The molecule has 0 fully saturated rings. The quantitative estimate of drug-likeness (QED) is 0.708. The van der Waals surface area contributed by atoms with Crippen molar-refractivity contribution in [1.29, 1.82) is 0 Å². The van der Waals surface area contributed by atoms with Gasteiger partial charge in [-0.05, 0) is 36.8 Å². The van der Waals surface area contributed by atoms with Crippen LogP contribution in [0, 0.1) is 12.7 Å². The standard InChI is InChI=1S/C16H15FN2/c1-11-5-2-6-12(16(11)17)15(13-7-3-9-18-13)14-8-4-10-19-14/h2-10,15,18-19H,1H3. The molecule has 2 aromatic heterocycles. The predicted molar refractivity (Wildman–Crippen MR) is 73.7 cm³/mol. The number of aromatic amines is 2. The van der Waals surface area contributed by atoms with Crippen molar-refractivity contribution in [3.05, 3.63) is 83.2 Å². The van der Waals surface area contributed by atoms with Crippen molar-refractivity contribution in [2.45, 2.75) is 12.8 Å². The van der Waals surface area contributed by atoms with Crippen LogP contribution in [-0.4, -0.2) is 9.97 Å². The van der Waals surface area contributed by atoms with Crippen LogP contribution in [0.3, 0.4) is 0 Å². The summed E-state index contributed by atoms with van der Waals surface area (Å²) in [7, 11) is 0. The Bertz CT molecular complexity index is 620.